The fourth-order valence-electron chi connectivity index (χ4n) is 1.53. The Morgan fingerprint density at radius 1 is 1.35 bits per heavy atom. The Labute approximate surface area is 99.3 Å². The van der Waals surface area contributed by atoms with E-state index in [0.29, 0.717) is 12.4 Å². The maximum Gasteiger partial charge on any atom is 0.125 e. The lowest BCUT2D eigenvalue weighted by molar-refractivity contribution is 0.00266. The Kier molecular flexibility index (Phi) is 5.34. The molecule has 0 aliphatic rings. The lowest BCUT2D eigenvalue weighted by Gasteiger charge is -2.20. The molecule has 1 aromatic rings. The summed E-state index contributed by atoms with van der Waals surface area (Å²) in [5.41, 5.74) is 0.188. The van der Waals surface area contributed by atoms with Crippen LogP contribution in [0.4, 0.5) is 4.39 Å². The highest BCUT2D eigenvalue weighted by molar-refractivity contribution is 5.36. The molecule has 2 atom stereocenters. The molecule has 96 valence electrons. The average Bonchev–Trinajstić information content (AvgIpc) is 2.31. The molecule has 4 nitrogen and oxygen atoms in total. The molecule has 0 saturated heterocycles. The van der Waals surface area contributed by atoms with Gasteiger partial charge in [0, 0.05) is 12.2 Å². The molecule has 0 aromatic heterocycles. The highest BCUT2D eigenvalue weighted by atomic mass is 19.1. The molecule has 0 amide bonds. The van der Waals surface area contributed by atoms with E-state index in [2.05, 4.69) is 0 Å². The number of rotatable bonds is 6. The number of hydrogen-bond acceptors (Lipinski definition) is 4. The van der Waals surface area contributed by atoms with Crippen LogP contribution in [0.15, 0.2) is 18.2 Å². The van der Waals surface area contributed by atoms with E-state index in [9.17, 15) is 14.6 Å². The van der Waals surface area contributed by atoms with Crippen LogP contribution in [0.5, 0.6) is 5.75 Å². The number of halogens is 1. The Balaban J connectivity index is 2.96. The van der Waals surface area contributed by atoms with E-state index >= 15 is 0 Å². The van der Waals surface area contributed by atoms with Gasteiger partial charge in [-0.05, 0) is 31.5 Å². The van der Waals surface area contributed by atoms with Crippen LogP contribution in [-0.4, -0.2) is 34.6 Å². The number of benzene rings is 1. The van der Waals surface area contributed by atoms with E-state index < -0.39 is 18.0 Å². The highest BCUT2D eigenvalue weighted by Gasteiger charge is 2.22. The third-order valence-corrected chi connectivity index (χ3v) is 2.38. The first-order valence-corrected chi connectivity index (χ1v) is 5.49. The normalized spacial score (nSPS) is 14.4. The molecule has 1 rings (SSSR count). The maximum atomic E-state index is 13.1. The maximum absolute atomic E-state index is 13.1. The number of hydrogen-bond donors (Lipinski definition) is 3. The smallest absolute Gasteiger partial charge is 0.125 e. The Hall–Kier alpha value is -1.17. The first-order valence-electron chi connectivity index (χ1n) is 5.49. The lowest BCUT2D eigenvalue weighted by Crippen LogP contribution is -2.20. The van der Waals surface area contributed by atoms with E-state index in [-0.39, 0.29) is 18.6 Å². The zero-order chi connectivity index (χ0) is 12.8. The van der Waals surface area contributed by atoms with Crippen molar-refractivity contribution < 1.29 is 24.4 Å². The monoisotopic (exact) mass is 244 g/mol. The van der Waals surface area contributed by atoms with Crippen LogP contribution in [0, 0.1) is 5.82 Å². The van der Waals surface area contributed by atoms with Gasteiger partial charge >= 0.3 is 0 Å². The summed E-state index contributed by atoms with van der Waals surface area (Å²) in [6, 6.07) is 3.75. The summed E-state index contributed by atoms with van der Waals surface area (Å²) in [5, 5.41) is 28.1. The van der Waals surface area contributed by atoms with E-state index in [0.717, 1.165) is 6.07 Å². The Morgan fingerprint density at radius 2 is 2.06 bits per heavy atom. The van der Waals surface area contributed by atoms with E-state index in [1.54, 1.807) is 6.92 Å². The summed E-state index contributed by atoms with van der Waals surface area (Å²) in [6.07, 6.45) is -2.41. The molecule has 0 bridgehead atoms. The average molecular weight is 244 g/mol. The predicted molar refractivity (Wildman–Crippen MR) is 60.2 cm³/mol. The van der Waals surface area contributed by atoms with Gasteiger partial charge in [0.05, 0.1) is 12.7 Å². The van der Waals surface area contributed by atoms with Crippen LogP contribution >= 0.6 is 0 Å². The second kappa shape index (κ2) is 6.54. The molecule has 3 N–H and O–H groups in total. The van der Waals surface area contributed by atoms with Gasteiger partial charge in [-0.3, -0.25) is 0 Å². The third-order valence-electron chi connectivity index (χ3n) is 2.38. The van der Waals surface area contributed by atoms with Crippen molar-refractivity contribution in [1.29, 1.82) is 0 Å². The summed E-state index contributed by atoms with van der Waals surface area (Å²) in [4.78, 5) is 0. The van der Waals surface area contributed by atoms with Crippen LogP contribution in [0.1, 0.15) is 25.0 Å². The fourth-order valence-corrected chi connectivity index (χ4v) is 1.53. The molecule has 17 heavy (non-hydrogen) atoms. The molecule has 0 spiro atoms. The molecular formula is C12H17FO4. The largest absolute Gasteiger partial charge is 0.493 e. The predicted octanol–water partition coefficient (Wildman–Crippen LogP) is 1.00. The molecule has 1 aromatic carbocycles. The third kappa shape index (κ3) is 3.66. The molecule has 0 radical (unpaired) electrons. The summed E-state index contributed by atoms with van der Waals surface area (Å²) < 4.78 is 18.3. The van der Waals surface area contributed by atoms with Gasteiger partial charge < -0.3 is 20.1 Å². The van der Waals surface area contributed by atoms with E-state index in [4.69, 9.17) is 9.84 Å². The standard InChI is InChI=1S/C12H17FO4/c1-2-17-11-4-3-8(13)7-9(11)12(16)10(15)5-6-14/h3-4,7,10,12,14-16H,2,5-6H2,1H3. The SMILES string of the molecule is CCOc1ccc(F)cc1C(O)C(O)CCO. The van der Waals surface area contributed by atoms with Gasteiger partial charge in [0.25, 0.3) is 0 Å². The van der Waals surface area contributed by atoms with Crippen LogP contribution < -0.4 is 4.74 Å². The van der Waals surface area contributed by atoms with Gasteiger partial charge in [-0.1, -0.05) is 0 Å². The van der Waals surface area contributed by atoms with Crippen molar-refractivity contribution in [2.45, 2.75) is 25.6 Å². The van der Waals surface area contributed by atoms with Gasteiger partial charge in [0.15, 0.2) is 0 Å². The Bertz CT molecular complexity index is 356. The van der Waals surface area contributed by atoms with Crippen molar-refractivity contribution in [3.05, 3.63) is 29.6 Å². The minimum atomic E-state index is -1.28. The lowest BCUT2D eigenvalue weighted by atomic mass is 10.0. The summed E-state index contributed by atoms with van der Waals surface area (Å²) in [5.74, 6) is -0.183. The van der Waals surface area contributed by atoms with Crippen molar-refractivity contribution >= 4 is 0 Å². The van der Waals surface area contributed by atoms with Crippen molar-refractivity contribution in [2.75, 3.05) is 13.2 Å². The van der Waals surface area contributed by atoms with Crippen molar-refractivity contribution in [1.82, 2.24) is 0 Å². The van der Waals surface area contributed by atoms with E-state index in [1.165, 1.54) is 12.1 Å². The van der Waals surface area contributed by atoms with Gasteiger partial charge in [-0.15, -0.1) is 0 Å². The Morgan fingerprint density at radius 3 is 2.65 bits per heavy atom. The topological polar surface area (TPSA) is 69.9 Å². The first kappa shape index (κ1) is 13.9. The van der Waals surface area contributed by atoms with Crippen molar-refractivity contribution in [2.24, 2.45) is 0 Å². The van der Waals surface area contributed by atoms with Crippen LogP contribution in [0.3, 0.4) is 0 Å². The van der Waals surface area contributed by atoms with Gasteiger partial charge in [0.1, 0.15) is 17.7 Å². The molecule has 2 unspecified atom stereocenters. The minimum absolute atomic E-state index is 0.0171. The second-order valence-electron chi connectivity index (χ2n) is 3.64. The van der Waals surface area contributed by atoms with Gasteiger partial charge in [0.2, 0.25) is 0 Å². The van der Waals surface area contributed by atoms with Crippen LogP contribution in [-0.2, 0) is 0 Å². The summed E-state index contributed by atoms with van der Waals surface area (Å²) in [6.45, 7) is 1.89. The molecule has 0 heterocycles. The van der Waals surface area contributed by atoms with Crippen LogP contribution in [0.25, 0.3) is 0 Å². The highest BCUT2D eigenvalue weighted by Crippen LogP contribution is 2.29. The molecule has 0 aliphatic heterocycles. The zero-order valence-corrected chi connectivity index (χ0v) is 9.64. The quantitative estimate of drug-likeness (QED) is 0.698. The first-order chi connectivity index (χ1) is 8.10. The molecule has 0 fully saturated rings. The number of aliphatic hydroxyl groups excluding tert-OH is 3. The van der Waals surface area contributed by atoms with Crippen LogP contribution in [0.2, 0.25) is 0 Å². The fraction of sp³-hybridized carbons (Fsp3) is 0.500. The number of aliphatic hydroxyl groups is 3. The second-order valence-corrected chi connectivity index (χ2v) is 3.64. The minimum Gasteiger partial charge on any atom is -0.493 e. The summed E-state index contributed by atoms with van der Waals surface area (Å²) in [7, 11) is 0. The molecule has 0 aliphatic carbocycles. The van der Waals surface area contributed by atoms with Crippen molar-refractivity contribution in [3.63, 3.8) is 0 Å². The van der Waals surface area contributed by atoms with Gasteiger partial charge in [-0.25, -0.2) is 4.39 Å². The zero-order valence-electron chi connectivity index (χ0n) is 9.64. The molecule has 5 heteroatoms. The summed E-state index contributed by atoms with van der Waals surface area (Å²) >= 11 is 0. The molecule has 0 saturated carbocycles. The van der Waals surface area contributed by atoms with E-state index in [1.807, 2.05) is 0 Å². The number of ether oxygens (including phenoxy) is 1. The van der Waals surface area contributed by atoms with Crippen molar-refractivity contribution in [3.8, 4) is 5.75 Å². The van der Waals surface area contributed by atoms with Gasteiger partial charge in [-0.2, -0.15) is 0 Å². The molecular weight excluding hydrogens is 227 g/mol.